The van der Waals surface area contributed by atoms with Crippen molar-refractivity contribution in [3.8, 4) is 0 Å². The second-order valence-electron chi connectivity index (χ2n) is 4.19. The minimum atomic E-state index is -0.522. The van der Waals surface area contributed by atoms with Gasteiger partial charge in [-0.2, -0.15) is 0 Å². The van der Waals surface area contributed by atoms with Crippen molar-refractivity contribution >= 4 is 11.6 Å². The van der Waals surface area contributed by atoms with Crippen molar-refractivity contribution in [2.45, 2.75) is 38.8 Å². The Kier molecular flexibility index (Phi) is 5.12. The first-order chi connectivity index (χ1) is 8.04. The van der Waals surface area contributed by atoms with E-state index < -0.39 is 6.10 Å². The van der Waals surface area contributed by atoms with E-state index in [4.69, 9.17) is 5.73 Å². The van der Waals surface area contributed by atoms with Gasteiger partial charge >= 0.3 is 0 Å². The molecule has 94 valence electrons. The summed E-state index contributed by atoms with van der Waals surface area (Å²) in [4.78, 5) is 10.8. The summed E-state index contributed by atoms with van der Waals surface area (Å²) in [6, 6.07) is 6.86. The number of carbonyl (C=O) groups is 1. The Labute approximate surface area is 102 Å². The third-order valence-electron chi connectivity index (χ3n) is 2.61. The van der Waals surface area contributed by atoms with Crippen LogP contribution in [0.5, 0.6) is 0 Å². The highest BCUT2D eigenvalue weighted by molar-refractivity contribution is 5.88. The second-order valence-corrected chi connectivity index (χ2v) is 4.19. The van der Waals surface area contributed by atoms with Gasteiger partial charge in [-0.3, -0.25) is 4.79 Å². The standard InChI is InChI=1S/C13H20N2O2/c1-3-4-12(17)13(14)10-5-7-11(8-6-10)15-9(2)16/h5-8,12-13,17H,3-4,14H2,1-2H3,(H,15,16)/t12-,13+/m1/s1. The van der Waals surface area contributed by atoms with Gasteiger partial charge in [0, 0.05) is 12.6 Å². The Morgan fingerprint density at radius 3 is 2.47 bits per heavy atom. The maximum absolute atomic E-state index is 10.8. The van der Waals surface area contributed by atoms with Crippen LogP contribution in [0.15, 0.2) is 24.3 Å². The highest BCUT2D eigenvalue weighted by Crippen LogP contribution is 2.19. The number of carbonyl (C=O) groups excluding carboxylic acids is 1. The molecule has 0 spiro atoms. The van der Waals surface area contributed by atoms with Crippen molar-refractivity contribution in [1.29, 1.82) is 0 Å². The van der Waals surface area contributed by atoms with E-state index in [1.165, 1.54) is 6.92 Å². The molecular weight excluding hydrogens is 216 g/mol. The van der Waals surface area contributed by atoms with Crippen LogP contribution in [0.4, 0.5) is 5.69 Å². The number of nitrogens with two attached hydrogens (primary N) is 1. The monoisotopic (exact) mass is 236 g/mol. The summed E-state index contributed by atoms with van der Waals surface area (Å²) in [6.45, 7) is 3.47. The fourth-order valence-corrected chi connectivity index (χ4v) is 1.69. The zero-order valence-corrected chi connectivity index (χ0v) is 10.3. The molecule has 0 unspecified atom stereocenters. The molecule has 4 heteroatoms. The van der Waals surface area contributed by atoms with Crippen molar-refractivity contribution in [2.24, 2.45) is 5.73 Å². The molecule has 0 aliphatic carbocycles. The van der Waals surface area contributed by atoms with Crippen molar-refractivity contribution in [3.05, 3.63) is 29.8 Å². The van der Waals surface area contributed by atoms with Crippen molar-refractivity contribution in [2.75, 3.05) is 5.32 Å². The maximum atomic E-state index is 10.8. The highest BCUT2D eigenvalue weighted by Gasteiger charge is 2.15. The van der Waals surface area contributed by atoms with Crippen LogP contribution < -0.4 is 11.1 Å². The molecule has 1 amide bonds. The van der Waals surface area contributed by atoms with E-state index in [0.717, 1.165) is 17.7 Å². The van der Waals surface area contributed by atoms with Crippen LogP contribution in [0.3, 0.4) is 0 Å². The van der Waals surface area contributed by atoms with Crippen LogP contribution in [0.2, 0.25) is 0 Å². The molecule has 4 N–H and O–H groups in total. The van der Waals surface area contributed by atoms with Crippen molar-refractivity contribution < 1.29 is 9.90 Å². The van der Waals surface area contributed by atoms with E-state index in [1.807, 2.05) is 19.1 Å². The summed E-state index contributed by atoms with van der Waals surface area (Å²) < 4.78 is 0. The van der Waals surface area contributed by atoms with Crippen LogP contribution in [-0.2, 0) is 4.79 Å². The highest BCUT2D eigenvalue weighted by atomic mass is 16.3. The van der Waals surface area contributed by atoms with Crippen LogP contribution in [-0.4, -0.2) is 17.1 Å². The first kappa shape index (κ1) is 13.7. The third-order valence-corrected chi connectivity index (χ3v) is 2.61. The van der Waals surface area contributed by atoms with E-state index in [1.54, 1.807) is 12.1 Å². The van der Waals surface area contributed by atoms with E-state index in [9.17, 15) is 9.90 Å². The molecule has 1 aromatic rings. The van der Waals surface area contributed by atoms with Gasteiger partial charge in [0.25, 0.3) is 0 Å². The maximum Gasteiger partial charge on any atom is 0.221 e. The molecule has 0 heterocycles. The van der Waals surface area contributed by atoms with Crippen molar-refractivity contribution in [1.82, 2.24) is 0 Å². The lowest BCUT2D eigenvalue weighted by molar-refractivity contribution is -0.114. The lowest BCUT2D eigenvalue weighted by atomic mass is 9.99. The Morgan fingerprint density at radius 1 is 1.41 bits per heavy atom. The van der Waals surface area contributed by atoms with E-state index in [-0.39, 0.29) is 11.9 Å². The molecule has 0 aliphatic heterocycles. The normalized spacial score (nSPS) is 14.1. The first-order valence-corrected chi connectivity index (χ1v) is 5.85. The Hall–Kier alpha value is -1.39. The van der Waals surface area contributed by atoms with E-state index >= 15 is 0 Å². The fraction of sp³-hybridized carbons (Fsp3) is 0.462. The Balaban J connectivity index is 2.69. The molecule has 0 fully saturated rings. The molecule has 0 saturated heterocycles. The number of benzene rings is 1. The summed E-state index contributed by atoms with van der Waals surface area (Å²) in [5, 5.41) is 12.5. The van der Waals surface area contributed by atoms with Gasteiger partial charge in [-0.05, 0) is 24.1 Å². The van der Waals surface area contributed by atoms with Crippen LogP contribution >= 0.6 is 0 Å². The molecule has 4 nitrogen and oxygen atoms in total. The number of hydrogen-bond donors (Lipinski definition) is 3. The zero-order valence-electron chi connectivity index (χ0n) is 10.3. The van der Waals surface area contributed by atoms with Gasteiger partial charge in [-0.15, -0.1) is 0 Å². The average Bonchev–Trinajstić information content (AvgIpc) is 2.28. The lowest BCUT2D eigenvalue weighted by Gasteiger charge is -2.18. The average molecular weight is 236 g/mol. The van der Waals surface area contributed by atoms with Crippen LogP contribution in [0.25, 0.3) is 0 Å². The predicted molar refractivity (Wildman–Crippen MR) is 68.6 cm³/mol. The lowest BCUT2D eigenvalue weighted by Crippen LogP contribution is -2.25. The first-order valence-electron chi connectivity index (χ1n) is 5.85. The molecule has 0 aliphatic rings. The number of aliphatic hydroxyl groups is 1. The van der Waals surface area contributed by atoms with Gasteiger partial charge in [0.05, 0.1) is 12.1 Å². The van der Waals surface area contributed by atoms with Gasteiger partial charge in [-0.1, -0.05) is 25.5 Å². The molecule has 0 bridgehead atoms. The quantitative estimate of drug-likeness (QED) is 0.729. The second kappa shape index (κ2) is 6.37. The van der Waals surface area contributed by atoms with Crippen LogP contribution in [0, 0.1) is 0 Å². The van der Waals surface area contributed by atoms with Gasteiger partial charge in [0.15, 0.2) is 0 Å². The summed E-state index contributed by atoms with van der Waals surface area (Å²) in [7, 11) is 0. The Bertz CT molecular complexity index is 362. The Morgan fingerprint density at radius 2 is 2.00 bits per heavy atom. The number of hydrogen-bond acceptors (Lipinski definition) is 3. The number of amides is 1. The smallest absolute Gasteiger partial charge is 0.221 e. The molecule has 2 atom stereocenters. The van der Waals surface area contributed by atoms with E-state index in [0.29, 0.717) is 6.42 Å². The minimum Gasteiger partial charge on any atom is -0.391 e. The largest absolute Gasteiger partial charge is 0.391 e. The van der Waals surface area contributed by atoms with E-state index in [2.05, 4.69) is 5.32 Å². The summed E-state index contributed by atoms with van der Waals surface area (Å²) in [5.41, 5.74) is 7.55. The fourth-order valence-electron chi connectivity index (χ4n) is 1.69. The topological polar surface area (TPSA) is 75.3 Å². The molecule has 0 aromatic heterocycles. The third kappa shape index (κ3) is 4.17. The number of aliphatic hydroxyl groups excluding tert-OH is 1. The van der Waals surface area contributed by atoms with Gasteiger partial charge in [0.2, 0.25) is 5.91 Å². The van der Waals surface area contributed by atoms with Gasteiger partial charge in [0.1, 0.15) is 0 Å². The van der Waals surface area contributed by atoms with Crippen LogP contribution in [0.1, 0.15) is 38.3 Å². The molecule has 17 heavy (non-hydrogen) atoms. The number of anilines is 1. The van der Waals surface area contributed by atoms with Gasteiger partial charge in [-0.25, -0.2) is 0 Å². The van der Waals surface area contributed by atoms with Crippen molar-refractivity contribution in [3.63, 3.8) is 0 Å². The molecule has 1 rings (SSSR count). The predicted octanol–water partition coefficient (Wildman–Crippen LogP) is 1.81. The SMILES string of the molecule is CCC[C@@H](O)[C@@H](N)c1ccc(NC(C)=O)cc1. The molecule has 0 radical (unpaired) electrons. The molecular formula is C13H20N2O2. The molecule has 0 saturated carbocycles. The zero-order chi connectivity index (χ0) is 12.8. The van der Waals surface area contributed by atoms with Gasteiger partial charge < -0.3 is 16.2 Å². The summed E-state index contributed by atoms with van der Waals surface area (Å²) in [6.07, 6.45) is 1.07. The summed E-state index contributed by atoms with van der Waals surface area (Å²) in [5.74, 6) is -0.104. The number of nitrogens with one attached hydrogen (secondary N) is 1. The molecule has 1 aromatic carbocycles. The summed E-state index contributed by atoms with van der Waals surface area (Å²) >= 11 is 0. The minimum absolute atomic E-state index is 0.104. The number of rotatable bonds is 5.